The van der Waals surface area contributed by atoms with Gasteiger partial charge in [-0.05, 0) is 73.5 Å². The number of rotatable bonds is 1. The molecule has 3 unspecified atom stereocenters. The lowest BCUT2D eigenvalue weighted by molar-refractivity contribution is 0.0442. The van der Waals surface area contributed by atoms with Gasteiger partial charge in [-0.15, -0.1) is 0 Å². The van der Waals surface area contributed by atoms with E-state index in [0.29, 0.717) is 10.8 Å². The number of aliphatic hydroxyl groups is 1. The maximum absolute atomic E-state index is 10.1. The van der Waals surface area contributed by atoms with E-state index in [2.05, 4.69) is 32.9 Å². The molecule has 0 spiro atoms. The molecule has 0 bridgehead atoms. The molecular formula is C21H32O. The molecule has 122 valence electrons. The number of allylic oxidation sites excluding steroid dienone is 3. The van der Waals surface area contributed by atoms with Crippen LogP contribution in [0, 0.1) is 28.6 Å². The van der Waals surface area contributed by atoms with Gasteiger partial charge in [-0.3, -0.25) is 0 Å². The Morgan fingerprint density at radius 3 is 2.64 bits per heavy atom. The van der Waals surface area contributed by atoms with Crippen molar-refractivity contribution in [2.24, 2.45) is 28.6 Å². The third-order valence-electron chi connectivity index (χ3n) is 8.23. The van der Waals surface area contributed by atoms with Gasteiger partial charge in [0.15, 0.2) is 0 Å². The van der Waals surface area contributed by atoms with Crippen molar-refractivity contribution in [3.05, 3.63) is 23.3 Å². The van der Waals surface area contributed by atoms with E-state index in [1.165, 1.54) is 44.1 Å². The summed E-state index contributed by atoms with van der Waals surface area (Å²) < 4.78 is 0. The lowest BCUT2D eigenvalue weighted by atomic mass is 9.50. The maximum Gasteiger partial charge on any atom is 0.0578 e. The molecule has 1 N–H and O–H groups in total. The molecule has 0 aromatic rings. The Morgan fingerprint density at radius 1 is 1.05 bits per heavy atom. The summed E-state index contributed by atoms with van der Waals surface area (Å²) in [4.78, 5) is 0. The Bertz CT molecular complexity index is 526. The summed E-state index contributed by atoms with van der Waals surface area (Å²) in [6.07, 6.45) is 14.9. The van der Waals surface area contributed by atoms with Crippen molar-refractivity contribution in [2.75, 3.05) is 0 Å². The topological polar surface area (TPSA) is 20.2 Å². The summed E-state index contributed by atoms with van der Waals surface area (Å²) >= 11 is 0. The van der Waals surface area contributed by atoms with Crippen LogP contribution in [0.5, 0.6) is 0 Å². The molecule has 3 saturated carbocycles. The van der Waals surface area contributed by atoms with Crippen molar-refractivity contribution in [3.63, 3.8) is 0 Å². The fourth-order valence-corrected chi connectivity index (χ4v) is 6.76. The van der Waals surface area contributed by atoms with Crippen LogP contribution >= 0.6 is 0 Å². The van der Waals surface area contributed by atoms with Gasteiger partial charge in [0.05, 0.1) is 6.10 Å². The summed E-state index contributed by atoms with van der Waals surface area (Å²) in [5.41, 5.74) is 4.23. The van der Waals surface area contributed by atoms with Crippen molar-refractivity contribution in [1.82, 2.24) is 0 Å². The van der Waals surface area contributed by atoms with Crippen molar-refractivity contribution in [2.45, 2.75) is 78.2 Å². The highest BCUT2D eigenvalue weighted by molar-refractivity contribution is 5.38. The number of aliphatic hydroxyl groups excluding tert-OH is 1. The maximum atomic E-state index is 10.1. The standard InChI is InChI=1S/C21H32O/c1-4-14-6-8-18-17-7-5-15-13-16(22)9-11-21(15,3)19(17)10-12-20(14,18)2/h5,7,14,16,18-19,22H,4,6,8-13H2,1-3H3/t14?,16-,18?,19?,20+,21-/m0/s1. The van der Waals surface area contributed by atoms with Crippen molar-refractivity contribution < 1.29 is 5.11 Å². The zero-order valence-corrected chi connectivity index (χ0v) is 14.6. The van der Waals surface area contributed by atoms with Crippen LogP contribution in [0.1, 0.15) is 72.1 Å². The normalized spacial score (nSPS) is 50.5. The van der Waals surface area contributed by atoms with Gasteiger partial charge in [-0.1, -0.05) is 50.5 Å². The predicted octanol–water partition coefficient (Wildman–Crippen LogP) is 5.26. The van der Waals surface area contributed by atoms with E-state index in [9.17, 15) is 5.11 Å². The quantitative estimate of drug-likeness (QED) is 0.700. The van der Waals surface area contributed by atoms with Crippen LogP contribution in [-0.2, 0) is 0 Å². The molecule has 0 amide bonds. The molecule has 1 heteroatoms. The van der Waals surface area contributed by atoms with Crippen LogP contribution in [0.3, 0.4) is 0 Å². The first-order valence-corrected chi connectivity index (χ1v) is 9.58. The van der Waals surface area contributed by atoms with Crippen LogP contribution in [0.2, 0.25) is 0 Å². The second kappa shape index (κ2) is 4.97. The third kappa shape index (κ3) is 1.87. The van der Waals surface area contributed by atoms with E-state index in [1.54, 1.807) is 5.57 Å². The van der Waals surface area contributed by atoms with Crippen LogP contribution in [-0.4, -0.2) is 11.2 Å². The van der Waals surface area contributed by atoms with Gasteiger partial charge in [0.1, 0.15) is 0 Å². The monoisotopic (exact) mass is 300 g/mol. The lowest BCUT2D eigenvalue weighted by Gasteiger charge is -2.54. The molecule has 1 nitrogen and oxygen atoms in total. The van der Waals surface area contributed by atoms with Gasteiger partial charge in [0.2, 0.25) is 0 Å². The first-order chi connectivity index (χ1) is 10.5. The second-order valence-electron chi connectivity index (χ2n) is 9.00. The van der Waals surface area contributed by atoms with E-state index in [0.717, 1.165) is 30.6 Å². The molecular weight excluding hydrogens is 268 g/mol. The summed E-state index contributed by atoms with van der Waals surface area (Å²) in [6.45, 7) is 7.47. The van der Waals surface area contributed by atoms with Gasteiger partial charge >= 0.3 is 0 Å². The molecule has 22 heavy (non-hydrogen) atoms. The third-order valence-corrected chi connectivity index (χ3v) is 8.23. The Balaban J connectivity index is 1.71. The average molecular weight is 300 g/mol. The fraction of sp³-hybridized carbons (Fsp3) is 0.810. The fourth-order valence-electron chi connectivity index (χ4n) is 6.76. The van der Waals surface area contributed by atoms with Gasteiger partial charge < -0.3 is 5.11 Å². The smallest absolute Gasteiger partial charge is 0.0578 e. The zero-order chi connectivity index (χ0) is 15.5. The highest BCUT2D eigenvalue weighted by Gasteiger charge is 2.55. The molecule has 0 heterocycles. The zero-order valence-electron chi connectivity index (χ0n) is 14.6. The number of hydrogen-bond donors (Lipinski definition) is 1. The van der Waals surface area contributed by atoms with Gasteiger partial charge in [0.25, 0.3) is 0 Å². The molecule has 4 aliphatic rings. The highest BCUT2D eigenvalue weighted by Crippen LogP contribution is 2.65. The van der Waals surface area contributed by atoms with Crippen LogP contribution < -0.4 is 0 Å². The van der Waals surface area contributed by atoms with E-state index < -0.39 is 0 Å². The Kier molecular flexibility index (Phi) is 3.39. The SMILES string of the molecule is CCC1CCC2C3=CC=C4C[C@@H](O)CC[C@]4(C)C3CC[C@]12C. The molecule has 6 atom stereocenters. The highest BCUT2D eigenvalue weighted by atomic mass is 16.3. The average Bonchev–Trinajstić information content (AvgIpc) is 2.84. The summed E-state index contributed by atoms with van der Waals surface area (Å²) in [5.74, 6) is 2.53. The molecule has 0 aromatic carbocycles. The molecule has 0 saturated heterocycles. The molecule has 4 rings (SSSR count). The summed E-state index contributed by atoms with van der Waals surface area (Å²) in [7, 11) is 0. The van der Waals surface area contributed by atoms with E-state index in [4.69, 9.17) is 0 Å². The molecule has 0 aromatic heterocycles. The van der Waals surface area contributed by atoms with E-state index >= 15 is 0 Å². The van der Waals surface area contributed by atoms with E-state index in [-0.39, 0.29) is 6.10 Å². The predicted molar refractivity (Wildman–Crippen MR) is 91.5 cm³/mol. The van der Waals surface area contributed by atoms with Crippen molar-refractivity contribution >= 4 is 0 Å². The molecule has 3 fully saturated rings. The van der Waals surface area contributed by atoms with Gasteiger partial charge in [-0.2, -0.15) is 0 Å². The Labute approximate surface area is 135 Å². The van der Waals surface area contributed by atoms with Crippen molar-refractivity contribution in [3.8, 4) is 0 Å². The van der Waals surface area contributed by atoms with Gasteiger partial charge in [0, 0.05) is 0 Å². The minimum absolute atomic E-state index is 0.0981. The van der Waals surface area contributed by atoms with Crippen LogP contribution in [0.4, 0.5) is 0 Å². The minimum Gasteiger partial charge on any atom is -0.393 e. The first-order valence-electron chi connectivity index (χ1n) is 9.58. The Morgan fingerprint density at radius 2 is 1.86 bits per heavy atom. The molecule has 4 aliphatic carbocycles. The summed E-state index contributed by atoms with van der Waals surface area (Å²) in [6, 6.07) is 0. The lowest BCUT2D eigenvalue weighted by Crippen LogP contribution is -2.45. The Hall–Kier alpha value is -0.560. The van der Waals surface area contributed by atoms with Gasteiger partial charge in [-0.25, -0.2) is 0 Å². The molecule has 0 radical (unpaired) electrons. The first kappa shape index (κ1) is 15.0. The number of hydrogen-bond acceptors (Lipinski definition) is 1. The minimum atomic E-state index is -0.0981. The van der Waals surface area contributed by atoms with Crippen LogP contribution in [0.15, 0.2) is 23.3 Å². The largest absolute Gasteiger partial charge is 0.393 e. The summed E-state index contributed by atoms with van der Waals surface area (Å²) in [5, 5.41) is 10.1. The van der Waals surface area contributed by atoms with Crippen molar-refractivity contribution in [1.29, 1.82) is 0 Å². The molecule has 0 aliphatic heterocycles. The van der Waals surface area contributed by atoms with E-state index in [1.807, 2.05) is 0 Å². The second-order valence-corrected chi connectivity index (χ2v) is 9.00. The number of fused-ring (bicyclic) bond motifs is 5. The van der Waals surface area contributed by atoms with Crippen LogP contribution in [0.25, 0.3) is 0 Å².